The minimum atomic E-state index is -5.65. The molecule has 0 heterocycles. The summed E-state index contributed by atoms with van der Waals surface area (Å²) in [5.41, 5.74) is -5.43. The quantitative estimate of drug-likeness (QED) is 0.250. The van der Waals surface area contributed by atoms with Gasteiger partial charge in [-0.1, -0.05) is 19.6 Å². The van der Waals surface area contributed by atoms with Gasteiger partial charge in [-0.2, -0.15) is 21.6 Å². The second-order valence-electron chi connectivity index (χ2n) is 5.00. The minimum absolute atomic E-state index is 0.230. The predicted molar refractivity (Wildman–Crippen MR) is 90.5 cm³/mol. The molecule has 1 rings (SSSR count). The zero-order valence-corrected chi connectivity index (χ0v) is 16.8. The first-order chi connectivity index (χ1) is 8.75. The number of halogens is 5. The fraction of sp³-hybridized carbons (Fsp3) is 0.400. The highest BCUT2D eigenvalue weighted by Gasteiger charge is 2.49. The highest BCUT2D eigenvalue weighted by Crippen LogP contribution is 2.29. The Bertz CT molecular complexity index is 624. The van der Waals surface area contributed by atoms with E-state index in [1.54, 1.807) is 6.07 Å². The molecule has 0 saturated carbocycles. The third-order valence-electron chi connectivity index (χ3n) is 2.31. The van der Waals surface area contributed by atoms with Gasteiger partial charge in [0.05, 0.1) is 8.07 Å². The molecule has 0 unspecified atom stereocenters. The summed E-state index contributed by atoms with van der Waals surface area (Å²) >= 11 is 3.97. The molecule has 0 fully saturated rings. The number of hydrogen-bond donors (Lipinski definition) is 0. The molecule has 0 amide bonds. The Labute approximate surface area is 143 Å². The fourth-order valence-corrected chi connectivity index (χ4v) is 4.53. The smallest absolute Gasteiger partial charge is 0.376 e. The van der Waals surface area contributed by atoms with Gasteiger partial charge >= 0.3 is 15.6 Å². The summed E-state index contributed by atoms with van der Waals surface area (Å²) in [6.07, 6.45) is 0. The number of hydrogen-bond acceptors (Lipinski definition) is 3. The van der Waals surface area contributed by atoms with Crippen LogP contribution in [0.5, 0.6) is 5.75 Å². The van der Waals surface area contributed by atoms with Gasteiger partial charge < -0.3 is 4.18 Å². The molecule has 20 heavy (non-hydrogen) atoms. The summed E-state index contributed by atoms with van der Waals surface area (Å²) in [7, 11) is -7.70. The van der Waals surface area contributed by atoms with E-state index in [2.05, 4.69) is 4.18 Å². The average Bonchev–Trinajstić information content (AvgIpc) is 2.19. The Balaban J connectivity index is 3.43. The monoisotopic (exact) mass is 550 g/mol. The Kier molecular flexibility index (Phi) is 5.46. The highest BCUT2D eigenvalue weighted by atomic mass is 127. The van der Waals surface area contributed by atoms with Crippen LogP contribution in [0.2, 0.25) is 19.6 Å². The van der Waals surface area contributed by atoms with Crippen molar-refractivity contribution in [2.75, 3.05) is 0 Å². The molecule has 10 heteroatoms. The molecule has 1 aromatic carbocycles. The Morgan fingerprint density at radius 2 is 1.55 bits per heavy atom. The number of rotatable bonds is 3. The Morgan fingerprint density at radius 1 is 1.10 bits per heavy atom. The fourth-order valence-electron chi connectivity index (χ4n) is 1.35. The van der Waals surface area contributed by atoms with Crippen molar-refractivity contribution in [1.29, 1.82) is 0 Å². The van der Waals surface area contributed by atoms with Crippen LogP contribution in [0.15, 0.2) is 12.1 Å². The topological polar surface area (TPSA) is 43.4 Å². The summed E-state index contributed by atoms with van der Waals surface area (Å²) in [6, 6.07) is 3.02. The van der Waals surface area contributed by atoms with Crippen LogP contribution in [-0.2, 0) is 10.1 Å². The molecule has 0 aromatic heterocycles. The molecule has 0 atom stereocenters. The van der Waals surface area contributed by atoms with Crippen LogP contribution in [-0.4, -0.2) is 22.0 Å². The van der Waals surface area contributed by atoms with Gasteiger partial charge in [0.2, 0.25) is 0 Å². The van der Waals surface area contributed by atoms with Crippen molar-refractivity contribution in [2.45, 2.75) is 25.1 Å². The predicted octanol–water partition coefficient (Wildman–Crippen LogP) is 3.67. The first kappa shape index (κ1) is 18.5. The van der Waals surface area contributed by atoms with Crippen molar-refractivity contribution >= 4 is 68.6 Å². The standard InChI is InChI=1S/C10H11F3I2O3SSi/c1-20(2,3)9-5-7(15)6(14)4-8(9)18-19(16,17)10(11,12)13/h4-5H,1-3H3. The molecule has 0 radical (unpaired) electrons. The lowest BCUT2D eigenvalue weighted by Crippen LogP contribution is -2.40. The summed E-state index contributed by atoms with van der Waals surface area (Å²) in [4.78, 5) is 0. The maximum Gasteiger partial charge on any atom is 0.534 e. The van der Waals surface area contributed by atoms with Crippen LogP contribution in [0.25, 0.3) is 0 Å². The van der Waals surface area contributed by atoms with E-state index in [9.17, 15) is 21.6 Å². The molecule has 0 aliphatic heterocycles. The van der Waals surface area contributed by atoms with E-state index in [4.69, 9.17) is 0 Å². The van der Waals surface area contributed by atoms with E-state index < -0.39 is 23.7 Å². The first-order valence-corrected chi connectivity index (χ1v) is 12.3. The largest absolute Gasteiger partial charge is 0.534 e. The van der Waals surface area contributed by atoms with Crippen molar-refractivity contribution in [3.05, 3.63) is 19.3 Å². The maximum atomic E-state index is 12.4. The lowest BCUT2D eigenvalue weighted by molar-refractivity contribution is -0.0499. The summed E-state index contributed by atoms with van der Waals surface area (Å²) in [5.74, 6) is -0.230. The molecule has 0 saturated heterocycles. The number of benzene rings is 1. The first-order valence-electron chi connectivity index (χ1n) is 5.26. The average molecular weight is 550 g/mol. The van der Waals surface area contributed by atoms with Crippen LogP contribution < -0.4 is 9.37 Å². The Morgan fingerprint density at radius 3 is 1.95 bits per heavy atom. The lowest BCUT2D eigenvalue weighted by atomic mass is 10.3. The van der Waals surface area contributed by atoms with Crippen molar-refractivity contribution in [1.82, 2.24) is 0 Å². The maximum absolute atomic E-state index is 12.4. The van der Waals surface area contributed by atoms with Crippen molar-refractivity contribution in [3.8, 4) is 5.75 Å². The molecular formula is C10H11F3I2O3SSi. The molecule has 0 aliphatic rings. The van der Waals surface area contributed by atoms with E-state index in [0.29, 0.717) is 8.76 Å². The molecule has 114 valence electrons. The molecule has 1 aromatic rings. The second kappa shape index (κ2) is 5.91. The van der Waals surface area contributed by atoms with E-state index in [0.717, 1.165) is 3.57 Å². The molecule has 0 N–H and O–H groups in total. The van der Waals surface area contributed by atoms with Crippen LogP contribution in [0, 0.1) is 7.14 Å². The Hall–Kier alpha value is 0.437. The van der Waals surface area contributed by atoms with E-state index >= 15 is 0 Å². The third-order valence-corrected chi connectivity index (χ3v) is 8.10. The second-order valence-corrected chi connectivity index (χ2v) is 13.9. The van der Waals surface area contributed by atoms with Gasteiger partial charge in [0, 0.05) is 7.14 Å². The zero-order valence-electron chi connectivity index (χ0n) is 10.7. The van der Waals surface area contributed by atoms with E-state index in [1.165, 1.54) is 6.07 Å². The third kappa shape index (κ3) is 4.22. The van der Waals surface area contributed by atoms with E-state index in [1.807, 2.05) is 64.8 Å². The van der Waals surface area contributed by atoms with Gasteiger partial charge in [-0.05, 0) is 62.5 Å². The van der Waals surface area contributed by atoms with Gasteiger partial charge in [0.1, 0.15) is 5.75 Å². The van der Waals surface area contributed by atoms with Crippen molar-refractivity contribution < 1.29 is 25.8 Å². The van der Waals surface area contributed by atoms with Crippen LogP contribution in [0.4, 0.5) is 13.2 Å². The van der Waals surface area contributed by atoms with Crippen LogP contribution in [0.1, 0.15) is 0 Å². The molecule has 0 aliphatic carbocycles. The lowest BCUT2D eigenvalue weighted by Gasteiger charge is -2.22. The molecule has 3 nitrogen and oxygen atoms in total. The molecular weight excluding hydrogens is 539 g/mol. The summed E-state index contributed by atoms with van der Waals surface area (Å²) < 4.78 is 65.4. The SMILES string of the molecule is C[Si](C)(C)c1cc(I)c(I)cc1OS(=O)(=O)C(F)(F)F. The van der Waals surface area contributed by atoms with E-state index in [-0.39, 0.29) is 5.75 Å². The van der Waals surface area contributed by atoms with Gasteiger partial charge in [-0.3, -0.25) is 0 Å². The highest BCUT2D eigenvalue weighted by molar-refractivity contribution is 14.1. The van der Waals surface area contributed by atoms with Crippen LogP contribution in [0.3, 0.4) is 0 Å². The van der Waals surface area contributed by atoms with Crippen LogP contribution >= 0.6 is 45.2 Å². The zero-order chi connectivity index (χ0) is 15.9. The van der Waals surface area contributed by atoms with Gasteiger partial charge in [0.15, 0.2) is 0 Å². The summed E-state index contributed by atoms with van der Waals surface area (Å²) in [5, 5.41) is 0.537. The minimum Gasteiger partial charge on any atom is -0.376 e. The van der Waals surface area contributed by atoms with Crippen molar-refractivity contribution in [2.24, 2.45) is 0 Å². The van der Waals surface area contributed by atoms with Gasteiger partial charge in [0.25, 0.3) is 0 Å². The summed E-state index contributed by atoms with van der Waals surface area (Å²) in [6.45, 7) is 5.70. The van der Waals surface area contributed by atoms with Crippen molar-refractivity contribution in [3.63, 3.8) is 0 Å². The van der Waals surface area contributed by atoms with Gasteiger partial charge in [-0.15, -0.1) is 0 Å². The molecule has 0 bridgehead atoms. The van der Waals surface area contributed by atoms with Gasteiger partial charge in [-0.25, -0.2) is 0 Å². The normalized spacial score (nSPS) is 13.4. The molecule has 0 spiro atoms. The number of alkyl halides is 3.